The second-order valence-corrected chi connectivity index (χ2v) is 3.77. The highest BCUT2D eigenvalue weighted by molar-refractivity contribution is 5.29. The Morgan fingerprint density at radius 2 is 1.83 bits per heavy atom. The summed E-state index contributed by atoms with van der Waals surface area (Å²) in [7, 11) is 0. The molecule has 1 heterocycles. The quantitative estimate of drug-likeness (QED) is 0.835. The molecule has 0 fully saturated rings. The van der Waals surface area contributed by atoms with Gasteiger partial charge in [0.05, 0.1) is 11.7 Å². The second-order valence-electron chi connectivity index (χ2n) is 3.77. The highest BCUT2D eigenvalue weighted by Crippen LogP contribution is 2.23. The van der Waals surface area contributed by atoms with E-state index in [0.717, 1.165) is 12.1 Å². The van der Waals surface area contributed by atoms with E-state index in [1.54, 1.807) is 6.92 Å². The van der Waals surface area contributed by atoms with Gasteiger partial charge in [-0.25, -0.2) is 23.1 Å². The number of halogens is 3. The molecule has 0 bridgehead atoms. The maximum absolute atomic E-state index is 13.6. The molecule has 1 aromatic heterocycles. The van der Waals surface area contributed by atoms with Crippen LogP contribution in [0.15, 0.2) is 24.4 Å². The highest BCUT2D eigenvalue weighted by atomic mass is 19.2. The summed E-state index contributed by atoms with van der Waals surface area (Å²) in [6.07, 6.45) is 1.47. The van der Waals surface area contributed by atoms with Gasteiger partial charge in [0.25, 0.3) is 0 Å². The van der Waals surface area contributed by atoms with Gasteiger partial charge in [-0.15, -0.1) is 0 Å². The van der Waals surface area contributed by atoms with Crippen LogP contribution in [0, 0.1) is 24.4 Å². The van der Waals surface area contributed by atoms with Crippen molar-refractivity contribution >= 4 is 0 Å². The fourth-order valence-corrected chi connectivity index (χ4v) is 1.59. The van der Waals surface area contributed by atoms with E-state index in [9.17, 15) is 13.2 Å². The van der Waals surface area contributed by atoms with Crippen molar-refractivity contribution in [3.8, 4) is 0 Å². The largest absolute Gasteiger partial charge is 0.319 e. The first-order valence-corrected chi connectivity index (χ1v) is 5.19. The van der Waals surface area contributed by atoms with Gasteiger partial charge >= 0.3 is 0 Å². The first kappa shape index (κ1) is 12.5. The maximum atomic E-state index is 13.6. The third-order valence-electron chi connectivity index (χ3n) is 2.52. The van der Waals surface area contributed by atoms with Crippen molar-refractivity contribution in [2.45, 2.75) is 13.0 Å². The van der Waals surface area contributed by atoms with Crippen LogP contribution in [0.4, 0.5) is 13.2 Å². The van der Waals surface area contributed by atoms with Crippen LogP contribution in [0.3, 0.4) is 0 Å². The summed E-state index contributed by atoms with van der Waals surface area (Å²) in [5.41, 5.74) is 5.98. The number of nitrogens with two attached hydrogens (primary N) is 1. The van der Waals surface area contributed by atoms with Crippen LogP contribution in [0.1, 0.15) is 23.1 Å². The Bertz CT molecular complexity index is 587. The van der Waals surface area contributed by atoms with Crippen LogP contribution >= 0.6 is 0 Å². The number of aromatic nitrogens is 2. The van der Waals surface area contributed by atoms with E-state index in [1.165, 1.54) is 12.3 Å². The molecule has 2 aromatic rings. The predicted octanol–water partition coefficient (Wildman–Crippen LogP) is 2.25. The molecule has 0 aliphatic carbocycles. The molecular formula is C12H10F3N3. The molecule has 0 saturated carbocycles. The molecule has 2 N–H and O–H groups in total. The summed E-state index contributed by atoms with van der Waals surface area (Å²) in [5, 5.41) is 0. The maximum Gasteiger partial charge on any atom is 0.194 e. The van der Waals surface area contributed by atoms with Crippen molar-refractivity contribution in [1.82, 2.24) is 9.97 Å². The van der Waals surface area contributed by atoms with Crippen LogP contribution in [-0.2, 0) is 0 Å². The van der Waals surface area contributed by atoms with Crippen LogP contribution < -0.4 is 5.73 Å². The van der Waals surface area contributed by atoms with E-state index in [0.29, 0.717) is 11.5 Å². The lowest BCUT2D eigenvalue weighted by Crippen LogP contribution is -2.17. The molecule has 2 rings (SSSR count). The molecule has 0 radical (unpaired) electrons. The van der Waals surface area contributed by atoms with Gasteiger partial charge in [0.1, 0.15) is 5.82 Å². The molecule has 0 aliphatic rings. The Morgan fingerprint density at radius 1 is 1.11 bits per heavy atom. The third kappa shape index (κ3) is 2.19. The van der Waals surface area contributed by atoms with Gasteiger partial charge in [-0.3, -0.25) is 0 Å². The molecule has 1 atom stereocenters. The standard InChI is InChI=1S/C12H10F3N3/c1-6-17-5-4-9(18-6)12(16)7-2-3-8(13)11(15)10(7)14/h2-5,12H,16H2,1H3. The van der Waals surface area contributed by atoms with E-state index >= 15 is 0 Å². The number of hydrogen-bond donors (Lipinski definition) is 1. The Kier molecular flexibility index (Phi) is 3.29. The molecule has 0 aliphatic heterocycles. The minimum absolute atomic E-state index is 0.146. The van der Waals surface area contributed by atoms with E-state index in [4.69, 9.17) is 5.73 Å². The lowest BCUT2D eigenvalue weighted by Gasteiger charge is -2.13. The van der Waals surface area contributed by atoms with Crippen molar-refractivity contribution in [1.29, 1.82) is 0 Å². The molecule has 0 amide bonds. The van der Waals surface area contributed by atoms with Crippen LogP contribution in [0.25, 0.3) is 0 Å². The van der Waals surface area contributed by atoms with Crippen molar-refractivity contribution in [2.75, 3.05) is 0 Å². The molecule has 3 nitrogen and oxygen atoms in total. The zero-order valence-corrected chi connectivity index (χ0v) is 9.49. The minimum Gasteiger partial charge on any atom is -0.319 e. The van der Waals surface area contributed by atoms with Crippen LogP contribution in [0.2, 0.25) is 0 Å². The van der Waals surface area contributed by atoms with Crippen molar-refractivity contribution < 1.29 is 13.2 Å². The summed E-state index contributed by atoms with van der Waals surface area (Å²) < 4.78 is 39.5. The molecule has 18 heavy (non-hydrogen) atoms. The van der Waals surface area contributed by atoms with Gasteiger partial charge in [0, 0.05) is 11.8 Å². The fourth-order valence-electron chi connectivity index (χ4n) is 1.59. The van der Waals surface area contributed by atoms with Gasteiger partial charge in [0.15, 0.2) is 17.5 Å². The second kappa shape index (κ2) is 4.73. The molecule has 0 spiro atoms. The predicted molar refractivity (Wildman–Crippen MR) is 59.1 cm³/mol. The van der Waals surface area contributed by atoms with Gasteiger partial charge in [-0.1, -0.05) is 6.07 Å². The molecule has 0 saturated heterocycles. The third-order valence-corrected chi connectivity index (χ3v) is 2.52. The zero-order chi connectivity index (χ0) is 13.3. The molecule has 94 valence electrons. The Labute approximate surface area is 101 Å². The minimum atomic E-state index is -1.53. The lowest BCUT2D eigenvalue weighted by molar-refractivity contribution is 0.438. The topological polar surface area (TPSA) is 51.8 Å². The van der Waals surface area contributed by atoms with Gasteiger partial charge in [-0.05, 0) is 19.1 Å². The van der Waals surface area contributed by atoms with Crippen LogP contribution in [-0.4, -0.2) is 9.97 Å². The summed E-state index contributed by atoms with van der Waals surface area (Å²) in [5.74, 6) is -3.61. The molecule has 6 heteroatoms. The average molecular weight is 253 g/mol. The van der Waals surface area contributed by atoms with Crippen molar-refractivity contribution in [3.05, 3.63) is 58.9 Å². The van der Waals surface area contributed by atoms with E-state index < -0.39 is 23.5 Å². The van der Waals surface area contributed by atoms with Crippen molar-refractivity contribution in [2.24, 2.45) is 5.73 Å². The Balaban J connectivity index is 2.46. The van der Waals surface area contributed by atoms with Gasteiger partial charge in [-0.2, -0.15) is 0 Å². The summed E-state index contributed by atoms with van der Waals surface area (Å²) in [6.45, 7) is 1.65. The van der Waals surface area contributed by atoms with Crippen LogP contribution in [0.5, 0.6) is 0 Å². The summed E-state index contributed by atoms with van der Waals surface area (Å²) >= 11 is 0. The number of nitrogens with zero attached hydrogens (tertiary/aromatic N) is 2. The number of rotatable bonds is 2. The van der Waals surface area contributed by atoms with E-state index in [1.807, 2.05) is 0 Å². The summed E-state index contributed by atoms with van der Waals surface area (Å²) in [6, 6.07) is 2.47. The van der Waals surface area contributed by atoms with E-state index in [2.05, 4.69) is 9.97 Å². The number of hydrogen-bond acceptors (Lipinski definition) is 3. The Hall–Kier alpha value is -1.95. The molecule has 1 unspecified atom stereocenters. The van der Waals surface area contributed by atoms with Gasteiger partial charge < -0.3 is 5.73 Å². The zero-order valence-electron chi connectivity index (χ0n) is 9.49. The first-order valence-electron chi connectivity index (χ1n) is 5.19. The number of aryl methyl sites for hydroxylation is 1. The monoisotopic (exact) mass is 253 g/mol. The molecular weight excluding hydrogens is 243 g/mol. The average Bonchev–Trinajstić information content (AvgIpc) is 2.35. The first-order chi connectivity index (χ1) is 8.50. The Morgan fingerprint density at radius 3 is 2.50 bits per heavy atom. The van der Waals surface area contributed by atoms with Crippen molar-refractivity contribution in [3.63, 3.8) is 0 Å². The number of benzene rings is 1. The highest BCUT2D eigenvalue weighted by Gasteiger charge is 2.20. The normalized spacial score (nSPS) is 12.5. The summed E-state index contributed by atoms with van der Waals surface area (Å²) in [4.78, 5) is 7.90. The smallest absolute Gasteiger partial charge is 0.194 e. The van der Waals surface area contributed by atoms with E-state index in [-0.39, 0.29) is 5.56 Å². The SMILES string of the molecule is Cc1nccc(C(N)c2ccc(F)c(F)c2F)n1. The molecule has 1 aromatic carbocycles. The lowest BCUT2D eigenvalue weighted by atomic mass is 10.0. The van der Waals surface area contributed by atoms with Gasteiger partial charge in [0.2, 0.25) is 0 Å². The fraction of sp³-hybridized carbons (Fsp3) is 0.167.